The summed E-state index contributed by atoms with van der Waals surface area (Å²) >= 11 is 0. The van der Waals surface area contributed by atoms with Crippen molar-refractivity contribution in [2.24, 2.45) is 5.92 Å². The average Bonchev–Trinajstić information content (AvgIpc) is 2.32. The van der Waals surface area contributed by atoms with Crippen LogP contribution in [-0.2, 0) is 14.3 Å². The summed E-state index contributed by atoms with van der Waals surface area (Å²) in [7, 11) is 0. The minimum Gasteiger partial charge on any atom is -0.433 e. The third kappa shape index (κ3) is 2.81. The predicted molar refractivity (Wildman–Crippen MR) is 56.6 cm³/mol. The summed E-state index contributed by atoms with van der Waals surface area (Å²) in [4.78, 5) is 13.4. The lowest BCUT2D eigenvalue weighted by molar-refractivity contribution is -0.151. The molecule has 0 saturated carbocycles. The molecule has 0 radical (unpaired) electrons. The first-order chi connectivity index (χ1) is 7.77. The molecule has 2 rings (SSSR count). The molecule has 2 aliphatic rings. The van der Waals surface area contributed by atoms with E-state index in [1.807, 2.05) is 0 Å². The lowest BCUT2D eigenvalue weighted by atomic mass is 9.97. The Morgan fingerprint density at radius 1 is 1.44 bits per heavy atom. The second kappa shape index (κ2) is 5.43. The number of aliphatic hydroxyl groups excluding tert-OH is 1. The van der Waals surface area contributed by atoms with Gasteiger partial charge in [-0.25, -0.2) is 4.79 Å². The van der Waals surface area contributed by atoms with Crippen LogP contribution in [0.2, 0.25) is 0 Å². The fraction of sp³-hybridized carbons (Fsp3) is 0.727. The molecule has 2 atom stereocenters. The maximum Gasteiger partial charge on any atom is 0.340 e. The van der Waals surface area contributed by atoms with Crippen LogP contribution in [-0.4, -0.2) is 54.9 Å². The van der Waals surface area contributed by atoms with Gasteiger partial charge in [0.05, 0.1) is 19.5 Å². The second-order valence-electron chi connectivity index (χ2n) is 4.12. The van der Waals surface area contributed by atoms with E-state index in [2.05, 4.69) is 9.64 Å². The third-order valence-corrected chi connectivity index (χ3v) is 3.04. The number of aliphatic hydroxyl groups is 1. The molecule has 0 aliphatic carbocycles. The number of ether oxygens (including phenoxy) is 2. The van der Waals surface area contributed by atoms with Gasteiger partial charge in [0.15, 0.2) is 6.10 Å². The molecule has 2 aliphatic heterocycles. The molecule has 0 bridgehead atoms. The number of hydrogen-bond donors (Lipinski definition) is 1. The zero-order valence-electron chi connectivity index (χ0n) is 9.17. The van der Waals surface area contributed by atoms with E-state index in [4.69, 9.17) is 4.74 Å². The molecule has 1 saturated heterocycles. The Balaban J connectivity index is 1.78. The van der Waals surface area contributed by atoms with Gasteiger partial charge < -0.3 is 14.6 Å². The SMILES string of the molecule is O=C1OC=CC(CCN2CCOCC2)C1O. The smallest absolute Gasteiger partial charge is 0.340 e. The van der Waals surface area contributed by atoms with Gasteiger partial charge in [-0.05, 0) is 19.0 Å². The van der Waals surface area contributed by atoms with Gasteiger partial charge in [-0.3, -0.25) is 4.90 Å². The maximum absolute atomic E-state index is 11.1. The van der Waals surface area contributed by atoms with Gasteiger partial charge in [0.25, 0.3) is 0 Å². The predicted octanol–water partition coefficient (Wildman–Crippen LogP) is -0.244. The van der Waals surface area contributed by atoms with Gasteiger partial charge in [-0.2, -0.15) is 0 Å². The molecule has 16 heavy (non-hydrogen) atoms. The van der Waals surface area contributed by atoms with Gasteiger partial charge in [-0.15, -0.1) is 0 Å². The summed E-state index contributed by atoms with van der Waals surface area (Å²) in [5.41, 5.74) is 0. The molecule has 2 heterocycles. The number of cyclic esters (lactones) is 1. The number of carbonyl (C=O) groups is 1. The minimum absolute atomic E-state index is 0.121. The van der Waals surface area contributed by atoms with E-state index < -0.39 is 12.1 Å². The normalized spacial score (nSPS) is 31.4. The Kier molecular flexibility index (Phi) is 3.93. The van der Waals surface area contributed by atoms with Crippen LogP contribution in [0, 0.1) is 5.92 Å². The Bertz CT molecular complexity index is 273. The van der Waals surface area contributed by atoms with Crippen LogP contribution in [0.15, 0.2) is 12.3 Å². The number of esters is 1. The van der Waals surface area contributed by atoms with Crippen molar-refractivity contribution in [3.8, 4) is 0 Å². The maximum atomic E-state index is 11.1. The van der Waals surface area contributed by atoms with Crippen molar-refractivity contribution in [3.63, 3.8) is 0 Å². The van der Waals surface area contributed by atoms with E-state index in [0.29, 0.717) is 0 Å². The van der Waals surface area contributed by atoms with Crippen molar-refractivity contribution in [1.82, 2.24) is 4.90 Å². The monoisotopic (exact) mass is 227 g/mol. The Morgan fingerprint density at radius 3 is 2.94 bits per heavy atom. The molecule has 1 N–H and O–H groups in total. The number of rotatable bonds is 3. The highest BCUT2D eigenvalue weighted by Gasteiger charge is 2.28. The second-order valence-corrected chi connectivity index (χ2v) is 4.12. The summed E-state index contributed by atoms with van der Waals surface area (Å²) in [6, 6.07) is 0. The largest absolute Gasteiger partial charge is 0.433 e. The van der Waals surface area contributed by atoms with Crippen molar-refractivity contribution in [3.05, 3.63) is 12.3 Å². The van der Waals surface area contributed by atoms with Crippen LogP contribution in [0.5, 0.6) is 0 Å². The van der Waals surface area contributed by atoms with Crippen LogP contribution in [0.1, 0.15) is 6.42 Å². The minimum atomic E-state index is -1.01. The first-order valence-electron chi connectivity index (χ1n) is 5.63. The fourth-order valence-corrected chi connectivity index (χ4v) is 1.97. The summed E-state index contributed by atoms with van der Waals surface area (Å²) in [5, 5.41) is 9.60. The Hall–Kier alpha value is -0.910. The molecule has 0 aromatic rings. The van der Waals surface area contributed by atoms with E-state index >= 15 is 0 Å². The van der Waals surface area contributed by atoms with Gasteiger partial charge in [0.2, 0.25) is 0 Å². The van der Waals surface area contributed by atoms with Gasteiger partial charge in [-0.1, -0.05) is 0 Å². The van der Waals surface area contributed by atoms with E-state index in [0.717, 1.165) is 39.3 Å². The highest BCUT2D eigenvalue weighted by molar-refractivity contribution is 5.76. The first kappa shape index (κ1) is 11.6. The molecule has 90 valence electrons. The highest BCUT2D eigenvalue weighted by atomic mass is 16.5. The van der Waals surface area contributed by atoms with E-state index in [1.165, 1.54) is 6.26 Å². The molecule has 1 fully saturated rings. The molecular weight excluding hydrogens is 210 g/mol. The summed E-state index contributed by atoms with van der Waals surface area (Å²) < 4.78 is 9.86. The fourth-order valence-electron chi connectivity index (χ4n) is 1.97. The van der Waals surface area contributed by atoms with Crippen LogP contribution in [0.25, 0.3) is 0 Å². The van der Waals surface area contributed by atoms with Gasteiger partial charge in [0, 0.05) is 19.0 Å². The van der Waals surface area contributed by atoms with Crippen molar-refractivity contribution >= 4 is 5.97 Å². The quantitative estimate of drug-likeness (QED) is 0.674. The first-order valence-corrected chi connectivity index (χ1v) is 5.63. The standard InChI is InChI=1S/C11H17NO4/c13-10-9(2-6-16-11(10)14)1-3-12-4-7-15-8-5-12/h2,6,9-10,13H,1,3-5,7-8H2. The van der Waals surface area contributed by atoms with Crippen molar-refractivity contribution in [2.45, 2.75) is 12.5 Å². The number of hydrogen-bond acceptors (Lipinski definition) is 5. The van der Waals surface area contributed by atoms with E-state index in [9.17, 15) is 9.90 Å². The van der Waals surface area contributed by atoms with E-state index in [-0.39, 0.29) is 5.92 Å². The van der Waals surface area contributed by atoms with Crippen LogP contribution >= 0.6 is 0 Å². The zero-order valence-corrected chi connectivity index (χ0v) is 9.17. The molecule has 0 aromatic heterocycles. The van der Waals surface area contributed by atoms with Crippen LogP contribution in [0.4, 0.5) is 0 Å². The van der Waals surface area contributed by atoms with Crippen LogP contribution in [0.3, 0.4) is 0 Å². The van der Waals surface area contributed by atoms with Crippen molar-refractivity contribution in [2.75, 3.05) is 32.8 Å². The third-order valence-electron chi connectivity index (χ3n) is 3.04. The lowest BCUT2D eigenvalue weighted by Gasteiger charge is -2.29. The van der Waals surface area contributed by atoms with Gasteiger partial charge >= 0.3 is 5.97 Å². The summed E-state index contributed by atoms with van der Waals surface area (Å²) in [5.74, 6) is -0.668. The van der Waals surface area contributed by atoms with Crippen molar-refractivity contribution in [1.29, 1.82) is 0 Å². The topological polar surface area (TPSA) is 59.0 Å². The van der Waals surface area contributed by atoms with E-state index in [1.54, 1.807) is 6.08 Å². The molecular formula is C11H17NO4. The van der Waals surface area contributed by atoms with Gasteiger partial charge in [0.1, 0.15) is 0 Å². The van der Waals surface area contributed by atoms with Crippen molar-refractivity contribution < 1.29 is 19.4 Å². The zero-order chi connectivity index (χ0) is 11.4. The molecule has 0 amide bonds. The Morgan fingerprint density at radius 2 is 2.19 bits per heavy atom. The Labute approximate surface area is 94.6 Å². The number of nitrogens with zero attached hydrogens (tertiary/aromatic N) is 1. The summed E-state index contributed by atoms with van der Waals surface area (Å²) in [6.07, 6.45) is 2.89. The molecule has 0 spiro atoms. The highest BCUT2D eigenvalue weighted by Crippen LogP contribution is 2.18. The van der Waals surface area contributed by atoms with Crippen LogP contribution < -0.4 is 0 Å². The number of morpholine rings is 1. The summed E-state index contributed by atoms with van der Waals surface area (Å²) in [6.45, 7) is 4.27. The average molecular weight is 227 g/mol. The lowest BCUT2D eigenvalue weighted by Crippen LogP contribution is -2.39. The molecule has 5 nitrogen and oxygen atoms in total. The molecule has 5 heteroatoms. The number of carbonyl (C=O) groups excluding carboxylic acids is 1. The molecule has 2 unspecified atom stereocenters. The molecule has 0 aromatic carbocycles.